The zero-order valence-electron chi connectivity index (χ0n) is 17.0. The third-order valence-corrected chi connectivity index (χ3v) is 10.3. The van der Waals surface area contributed by atoms with Crippen molar-refractivity contribution in [3.05, 3.63) is 22.5 Å². The van der Waals surface area contributed by atoms with Gasteiger partial charge in [0.1, 0.15) is 0 Å². The average molecular weight is 456 g/mol. The minimum atomic E-state index is -2.58. The van der Waals surface area contributed by atoms with Gasteiger partial charge >= 0.3 is 158 Å². The van der Waals surface area contributed by atoms with Crippen molar-refractivity contribution >= 4 is 24.5 Å². The first kappa shape index (κ1) is 20.8. The van der Waals surface area contributed by atoms with Crippen LogP contribution in [0.3, 0.4) is 0 Å². The fraction of sp³-hybridized carbons (Fsp3) is 0.750. The predicted octanol–water partition coefficient (Wildman–Crippen LogP) is 5.33. The van der Waals surface area contributed by atoms with Crippen LogP contribution in [0.25, 0.3) is 0 Å². The molecule has 0 aromatic carbocycles. The second kappa shape index (κ2) is 7.26. The second-order valence-electron chi connectivity index (χ2n) is 9.53. The van der Waals surface area contributed by atoms with E-state index in [2.05, 4.69) is 33.5 Å². The molecule has 0 spiro atoms. The summed E-state index contributed by atoms with van der Waals surface area (Å²) in [5.74, 6) is 0.956. The van der Waals surface area contributed by atoms with Crippen LogP contribution in [0.15, 0.2) is 22.5 Å². The van der Waals surface area contributed by atoms with E-state index < -0.39 is 24.1 Å². The third kappa shape index (κ3) is 4.62. The van der Waals surface area contributed by atoms with Crippen LogP contribution in [0.1, 0.15) is 47.0 Å². The fourth-order valence-electron chi connectivity index (χ4n) is 3.97. The molecule has 2 rings (SSSR count). The molecular formula is C20H35NO3Sn. The first-order valence-corrected chi connectivity index (χ1v) is 19.4. The van der Waals surface area contributed by atoms with E-state index >= 15 is 0 Å². The molecule has 1 saturated heterocycles. The molecule has 2 atom stereocenters. The van der Waals surface area contributed by atoms with Gasteiger partial charge in [0.05, 0.1) is 0 Å². The number of amides is 1. The summed E-state index contributed by atoms with van der Waals surface area (Å²) in [4.78, 5) is 21.7. The Hall–Kier alpha value is -0.491. The molecule has 0 bridgehead atoms. The summed E-state index contributed by atoms with van der Waals surface area (Å²) in [6.07, 6.45) is 7.60. The van der Waals surface area contributed by atoms with Gasteiger partial charge in [-0.25, -0.2) is 0 Å². The number of hydrogen-bond acceptors (Lipinski definition) is 3. The molecule has 0 radical (unpaired) electrons. The first-order chi connectivity index (χ1) is 11.4. The molecule has 1 amide bonds. The topological polar surface area (TPSA) is 38.8 Å². The Morgan fingerprint density at radius 2 is 1.80 bits per heavy atom. The van der Waals surface area contributed by atoms with Crippen molar-refractivity contribution in [3.8, 4) is 0 Å². The number of rotatable bonds is 4. The van der Waals surface area contributed by atoms with Crippen molar-refractivity contribution in [2.75, 3.05) is 6.61 Å². The number of carbonyl (C=O) groups excluding carboxylic acids is 1. The Labute approximate surface area is 157 Å². The SMILES string of the molecule is C=C[C@H]1CCC[C@H]1/C=[C](/OC(=O)N1C(C)(C)COC1(C)C)[Sn]([CH3])([CH3])[CH3]. The molecule has 0 aromatic heterocycles. The van der Waals surface area contributed by atoms with E-state index in [4.69, 9.17) is 9.47 Å². The zero-order chi connectivity index (χ0) is 19.0. The normalized spacial score (nSPS) is 28.9. The number of nitrogens with zero attached hydrogens (tertiary/aromatic N) is 1. The van der Waals surface area contributed by atoms with E-state index in [0.29, 0.717) is 18.4 Å². The molecule has 25 heavy (non-hydrogen) atoms. The zero-order valence-corrected chi connectivity index (χ0v) is 19.9. The van der Waals surface area contributed by atoms with E-state index in [0.717, 1.165) is 10.2 Å². The second-order valence-corrected chi connectivity index (χ2v) is 23.8. The third-order valence-electron chi connectivity index (χ3n) is 5.33. The Balaban J connectivity index is 2.26. The molecular weight excluding hydrogens is 421 g/mol. The van der Waals surface area contributed by atoms with Gasteiger partial charge < -0.3 is 0 Å². The van der Waals surface area contributed by atoms with Crippen LogP contribution in [-0.4, -0.2) is 47.2 Å². The Bertz CT molecular complexity index is 544. The standard InChI is InChI=1S/C17H26NO3.3CH3.Sn/c1-6-13-8-7-9-14(13)10-11-20-15(19)18-16(2,3)12-21-17(18,4)5;;;;/h6,10,13-14H,1,7-9,12H2,2-5H3;3*1H3;/t13-,14-;;;;/m0..../s1. The van der Waals surface area contributed by atoms with Gasteiger partial charge in [-0.1, -0.05) is 0 Å². The van der Waals surface area contributed by atoms with Crippen LogP contribution < -0.4 is 0 Å². The van der Waals surface area contributed by atoms with E-state index in [9.17, 15) is 4.79 Å². The van der Waals surface area contributed by atoms with Crippen LogP contribution in [-0.2, 0) is 9.47 Å². The molecule has 0 aromatic rings. The molecule has 4 nitrogen and oxygen atoms in total. The Morgan fingerprint density at radius 1 is 1.20 bits per heavy atom. The maximum absolute atomic E-state index is 13.1. The molecule has 0 unspecified atom stereocenters. The average Bonchev–Trinajstić information content (AvgIpc) is 2.98. The van der Waals surface area contributed by atoms with Gasteiger partial charge in [-0.05, 0) is 0 Å². The van der Waals surface area contributed by atoms with Gasteiger partial charge in [0, 0.05) is 0 Å². The summed E-state index contributed by atoms with van der Waals surface area (Å²) in [5.41, 5.74) is -1.01. The van der Waals surface area contributed by atoms with Gasteiger partial charge in [-0.3, -0.25) is 0 Å². The number of allylic oxidation sites excluding steroid dienone is 2. The van der Waals surface area contributed by atoms with Crippen molar-refractivity contribution < 1.29 is 14.3 Å². The van der Waals surface area contributed by atoms with Crippen LogP contribution in [0.4, 0.5) is 4.79 Å². The number of carbonyl (C=O) groups is 1. The van der Waals surface area contributed by atoms with E-state index in [1.54, 1.807) is 4.90 Å². The van der Waals surface area contributed by atoms with Crippen LogP contribution in [0.2, 0.25) is 14.8 Å². The molecule has 1 aliphatic heterocycles. The van der Waals surface area contributed by atoms with Crippen molar-refractivity contribution in [3.63, 3.8) is 0 Å². The van der Waals surface area contributed by atoms with Crippen molar-refractivity contribution in [2.24, 2.45) is 11.8 Å². The molecule has 142 valence electrons. The van der Waals surface area contributed by atoms with E-state index in [1.807, 2.05) is 27.7 Å². The maximum atomic E-state index is 13.1. The van der Waals surface area contributed by atoms with E-state index in [-0.39, 0.29) is 11.6 Å². The van der Waals surface area contributed by atoms with E-state index in [1.165, 1.54) is 12.8 Å². The Kier molecular flexibility index (Phi) is 6.04. The van der Waals surface area contributed by atoms with Gasteiger partial charge in [0.2, 0.25) is 0 Å². The van der Waals surface area contributed by atoms with Crippen LogP contribution >= 0.6 is 0 Å². The summed E-state index contributed by atoms with van der Waals surface area (Å²) in [5, 5.41) is 0. The van der Waals surface area contributed by atoms with Crippen molar-refractivity contribution in [1.29, 1.82) is 0 Å². The van der Waals surface area contributed by atoms with Crippen molar-refractivity contribution in [1.82, 2.24) is 4.90 Å². The molecule has 2 aliphatic rings. The molecule has 2 fully saturated rings. The summed E-state index contributed by atoms with van der Waals surface area (Å²) in [6, 6.07) is 0. The molecule has 1 heterocycles. The van der Waals surface area contributed by atoms with Crippen LogP contribution in [0.5, 0.6) is 0 Å². The monoisotopic (exact) mass is 457 g/mol. The molecule has 5 heteroatoms. The van der Waals surface area contributed by atoms with Crippen LogP contribution in [0, 0.1) is 11.8 Å². The quantitative estimate of drug-likeness (QED) is 0.326. The summed E-state index contributed by atoms with van der Waals surface area (Å²) >= 11 is -2.58. The minimum absolute atomic E-state index is 0.279. The summed E-state index contributed by atoms with van der Waals surface area (Å²) in [6.45, 7) is 12.4. The summed E-state index contributed by atoms with van der Waals surface area (Å²) < 4.78 is 12.8. The molecule has 1 saturated carbocycles. The fourth-order valence-corrected chi connectivity index (χ4v) is 7.13. The Morgan fingerprint density at radius 3 is 2.28 bits per heavy atom. The van der Waals surface area contributed by atoms with Crippen molar-refractivity contribution in [2.45, 2.75) is 73.0 Å². The molecule has 1 aliphatic carbocycles. The summed E-state index contributed by atoms with van der Waals surface area (Å²) in [7, 11) is 0. The predicted molar refractivity (Wildman–Crippen MR) is 105 cm³/mol. The van der Waals surface area contributed by atoms with Gasteiger partial charge in [-0.15, -0.1) is 0 Å². The molecule has 0 N–H and O–H groups in total. The van der Waals surface area contributed by atoms with Gasteiger partial charge in [-0.2, -0.15) is 0 Å². The van der Waals surface area contributed by atoms with Gasteiger partial charge in [0.25, 0.3) is 0 Å². The number of ether oxygens (including phenoxy) is 2. The van der Waals surface area contributed by atoms with Gasteiger partial charge in [0.15, 0.2) is 0 Å². The first-order valence-electron chi connectivity index (χ1n) is 9.39. The number of hydrogen-bond donors (Lipinski definition) is 0.